The molecule has 2 fully saturated rings. The zero-order valence-corrected chi connectivity index (χ0v) is 17.0. The van der Waals surface area contributed by atoms with Gasteiger partial charge in [-0.3, -0.25) is 0 Å². The molecule has 1 saturated carbocycles. The summed E-state index contributed by atoms with van der Waals surface area (Å²) >= 11 is 0. The Balaban J connectivity index is 1.58. The maximum Gasteiger partial charge on any atom is 0.243 e. The molecule has 1 spiro atoms. The molecule has 0 aromatic heterocycles. The third-order valence-electron chi connectivity index (χ3n) is 6.35. The van der Waals surface area contributed by atoms with Gasteiger partial charge in [-0.2, -0.15) is 4.31 Å². The Morgan fingerprint density at radius 2 is 1.82 bits per heavy atom. The van der Waals surface area contributed by atoms with Gasteiger partial charge in [0.2, 0.25) is 10.0 Å². The molecule has 1 saturated heterocycles. The molecule has 2 aliphatic rings. The first-order valence-electron chi connectivity index (χ1n) is 9.87. The largest absolute Gasteiger partial charge is 0.508 e. The van der Waals surface area contributed by atoms with Crippen molar-refractivity contribution in [1.29, 1.82) is 0 Å². The van der Waals surface area contributed by atoms with Gasteiger partial charge in [0, 0.05) is 25.6 Å². The van der Waals surface area contributed by atoms with Crippen LogP contribution in [0, 0.1) is 5.41 Å². The summed E-state index contributed by atoms with van der Waals surface area (Å²) in [4.78, 5) is 0.320. The number of sulfonamides is 1. The molecule has 1 heterocycles. The maximum atomic E-state index is 13.3. The second-order valence-corrected chi connectivity index (χ2v) is 9.93. The number of rotatable bonds is 4. The number of ether oxygens (including phenoxy) is 1. The smallest absolute Gasteiger partial charge is 0.243 e. The van der Waals surface area contributed by atoms with Crippen molar-refractivity contribution in [3.05, 3.63) is 48.5 Å². The molecule has 28 heavy (non-hydrogen) atoms. The predicted molar refractivity (Wildman–Crippen MR) is 109 cm³/mol. The van der Waals surface area contributed by atoms with Crippen molar-refractivity contribution in [2.24, 2.45) is 5.41 Å². The van der Waals surface area contributed by atoms with Crippen molar-refractivity contribution < 1.29 is 18.3 Å². The van der Waals surface area contributed by atoms with Crippen LogP contribution in [0.3, 0.4) is 0 Å². The van der Waals surface area contributed by atoms with Gasteiger partial charge in [-0.25, -0.2) is 8.42 Å². The van der Waals surface area contributed by atoms with Crippen LogP contribution >= 0.6 is 0 Å². The van der Waals surface area contributed by atoms with Crippen LogP contribution < -0.4 is 0 Å². The van der Waals surface area contributed by atoms with E-state index in [4.69, 9.17) is 4.74 Å². The molecule has 1 aliphatic carbocycles. The first-order valence-corrected chi connectivity index (χ1v) is 11.3. The molecule has 1 N–H and O–H groups in total. The average Bonchev–Trinajstić information content (AvgIpc) is 3.09. The monoisotopic (exact) mass is 401 g/mol. The van der Waals surface area contributed by atoms with Crippen molar-refractivity contribution in [2.75, 3.05) is 20.2 Å². The van der Waals surface area contributed by atoms with Crippen LogP contribution in [0.2, 0.25) is 0 Å². The minimum Gasteiger partial charge on any atom is -0.508 e. The van der Waals surface area contributed by atoms with E-state index in [0.717, 1.165) is 43.2 Å². The van der Waals surface area contributed by atoms with Gasteiger partial charge < -0.3 is 9.84 Å². The number of piperidine rings is 1. The minimum absolute atomic E-state index is 0.0401. The molecule has 2 aromatic carbocycles. The maximum absolute atomic E-state index is 13.3. The number of hydrogen-bond donors (Lipinski definition) is 1. The normalized spacial score (nSPS) is 26.0. The fourth-order valence-corrected chi connectivity index (χ4v) is 6.49. The van der Waals surface area contributed by atoms with Gasteiger partial charge in [-0.1, -0.05) is 30.7 Å². The Labute approximate surface area is 167 Å². The SMILES string of the molecule is CO[C@@H]1CCC[C@@]12CCCN(S(=O)(=O)c1ccc(-c3cccc(O)c3)cc1)C2. The van der Waals surface area contributed by atoms with Crippen LogP contribution in [0.1, 0.15) is 32.1 Å². The Bertz CT molecular complexity index is 941. The van der Waals surface area contributed by atoms with Crippen molar-refractivity contribution in [1.82, 2.24) is 4.31 Å². The lowest BCUT2D eigenvalue weighted by Crippen LogP contribution is -2.49. The lowest BCUT2D eigenvalue weighted by atomic mass is 9.77. The van der Waals surface area contributed by atoms with E-state index in [1.807, 2.05) is 6.07 Å². The Morgan fingerprint density at radius 3 is 2.54 bits per heavy atom. The third-order valence-corrected chi connectivity index (χ3v) is 8.21. The van der Waals surface area contributed by atoms with Gasteiger partial charge in [0.05, 0.1) is 11.0 Å². The summed E-state index contributed by atoms with van der Waals surface area (Å²) < 4.78 is 33.9. The number of phenols is 1. The predicted octanol–water partition coefficient (Wildman–Crippen LogP) is 4.03. The summed E-state index contributed by atoms with van der Waals surface area (Å²) in [6.07, 6.45) is 5.22. The minimum atomic E-state index is -3.54. The lowest BCUT2D eigenvalue weighted by Gasteiger charge is -2.43. The lowest BCUT2D eigenvalue weighted by molar-refractivity contribution is -0.0184. The molecule has 2 aromatic rings. The standard InChI is InChI=1S/C22H27NO4S/c1-27-21-7-3-12-22(21)13-4-14-23(16-22)28(25,26)20-10-8-17(9-11-20)18-5-2-6-19(24)15-18/h2,5-6,8-11,15,21,24H,3-4,7,12-14,16H2,1H3/t21-,22+/m1/s1. The first-order chi connectivity index (χ1) is 13.4. The van der Waals surface area contributed by atoms with E-state index in [9.17, 15) is 13.5 Å². The summed E-state index contributed by atoms with van der Waals surface area (Å²) in [5.41, 5.74) is 1.69. The number of phenolic OH excluding ortho intramolecular Hbond substituents is 1. The van der Waals surface area contributed by atoms with Crippen LogP contribution in [0.4, 0.5) is 0 Å². The molecule has 4 rings (SSSR count). The average molecular weight is 402 g/mol. The Hall–Kier alpha value is -1.89. The molecule has 2 atom stereocenters. The second kappa shape index (κ2) is 7.50. The van der Waals surface area contributed by atoms with Crippen molar-refractivity contribution in [3.63, 3.8) is 0 Å². The molecule has 0 radical (unpaired) electrons. The van der Waals surface area contributed by atoms with Gasteiger partial charge in [-0.15, -0.1) is 0 Å². The molecule has 1 aliphatic heterocycles. The number of methoxy groups -OCH3 is 1. The van der Waals surface area contributed by atoms with Gasteiger partial charge in [-0.05, 0) is 61.1 Å². The summed E-state index contributed by atoms with van der Waals surface area (Å²) in [6.45, 7) is 1.11. The fraction of sp³-hybridized carbons (Fsp3) is 0.455. The first kappa shape index (κ1) is 19.4. The highest BCUT2D eigenvalue weighted by molar-refractivity contribution is 7.89. The van der Waals surface area contributed by atoms with Crippen molar-refractivity contribution in [3.8, 4) is 16.9 Å². The molecule has 0 unspecified atom stereocenters. The fourth-order valence-electron chi connectivity index (χ4n) is 4.92. The molecule has 0 amide bonds. The second-order valence-electron chi connectivity index (χ2n) is 8.00. The van der Waals surface area contributed by atoms with E-state index >= 15 is 0 Å². The van der Waals surface area contributed by atoms with Crippen LogP contribution in [-0.2, 0) is 14.8 Å². The van der Waals surface area contributed by atoms with E-state index in [0.29, 0.717) is 18.0 Å². The quantitative estimate of drug-likeness (QED) is 0.840. The van der Waals surface area contributed by atoms with Gasteiger partial charge in [0.15, 0.2) is 0 Å². The van der Waals surface area contributed by atoms with Crippen LogP contribution in [0.5, 0.6) is 5.75 Å². The molecule has 0 bridgehead atoms. The summed E-state index contributed by atoms with van der Waals surface area (Å²) in [5, 5.41) is 9.66. The van der Waals surface area contributed by atoms with Crippen molar-refractivity contribution in [2.45, 2.75) is 43.1 Å². The summed E-state index contributed by atoms with van der Waals surface area (Å²) in [5.74, 6) is 0.192. The number of hydrogen-bond acceptors (Lipinski definition) is 4. The van der Waals surface area contributed by atoms with Gasteiger partial charge in [0.1, 0.15) is 5.75 Å². The number of nitrogens with zero attached hydrogens (tertiary/aromatic N) is 1. The van der Waals surface area contributed by atoms with E-state index in [1.165, 1.54) is 0 Å². The third kappa shape index (κ3) is 3.45. The van der Waals surface area contributed by atoms with Crippen LogP contribution in [-0.4, -0.2) is 44.1 Å². The molecular formula is C22H27NO4S. The zero-order valence-electron chi connectivity index (χ0n) is 16.2. The topological polar surface area (TPSA) is 66.8 Å². The Morgan fingerprint density at radius 1 is 1.07 bits per heavy atom. The van der Waals surface area contributed by atoms with E-state index in [-0.39, 0.29) is 17.3 Å². The van der Waals surface area contributed by atoms with E-state index < -0.39 is 10.0 Å². The molecule has 6 heteroatoms. The molecular weight excluding hydrogens is 374 g/mol. The number of benzene rings is 2. The van der Waals surface area contributed by atoms with E-state index in [2.05, 4.69) is 0 Å². The van der Waals surface area contributed by atoms with E-state index in [1.54, 1.807) is 53.9 Å². The summed E-state index contributed by atoms with van der Waals surface area (Å²) in [6, 6.07) is 13.9. The highest BCUT2D eigenvalue weighted by Gasteiger charge is 2.48. The molecule has 5 nitrogen and oxygen atoms in total. The highest BCUT2D eigenvalue weighted by atomic mass is 32.2. The highest BCUT2D eigenvalue weighted by Crippen LogP contribution is 2.47. The zero-order chi connectivity index (χ0) is 19.8. The van der Waals surface area contributed by atoms with Crippen LogP contribution in [0.15, 0.2) is 53.4 Å². The number of aromatic hydroxyl groups is 1. The van der Waals surface area contributed by atoms with Crippen LogP contribution in [0.25, 0.3) is 11.1 Å². The van der Waals surface area contributed by atoms with Gasteiger partial charge >= 0.3 is 0 Å². The van der Waals surface area contributed by atoms with Gasteiger partial charge in [0.25, 0.3) is 0 Å². The van der Waals surface area contributed by atoms with Crippen molar-refractivity contribution >= 4 is 10.0 Å². The Kier molecular flexibility index (Phi) is 5.21. The summed E-state index contributed by atoms with van der Waals surface area (Å²) in [7, 11) is -1.79. The molecule has 150 valence electrons.